The molecule has 20 heavy (non-hydrogen) atoms. The van der Waals surface area contributed by atoms with Crippen LogP contribution in [-0.4, -0.2) is 22.9 Å². The van der Waals surface area contributed by atoms with E-state index in [4.69, 9.17) is 16.3 Å². The van der Waals surface area contributed by atoms with Gasteiger partial charge >= 0.3 is 0 Å². The van der Waals surface area contributed by atoms with Crippen molar-refractivity contribution in [2.45, 2.75) is 37.2 Å². The molecule has 1 aromatic carbocycles. The Morgan fingerprint density at radius 2 is 2.10 bits per heavy atom. The summed E-state index contributed by atoms with van der Waals surface area (Å²) >= 11 is 8.06. The summed E-state index contributed by atoms with van der Waals surface area (Å²) in [5.74, 6) is 0. The highest BCUT2D eigenvalue weighted by molar-refractivity contribution is 7.11. The molecule has 0 radical (unpaired) electrons. The van der Waals surface area contributed by atoms with Gasteiger partial charge in [-0.15, -0.1) is 21.8 Å². The highest BCUT2D eigenvalue weighted by Crippen LogP contribution is 2.31. The highest BCUT2D eigenvalue weighted by Gasteiger charge is 2.20. The Balaban J connectivity index is 1.67. The van der Waals surface area contributed by atoms with Crippen LogP contribution < -0.4 is 0 Å². The quantitative estimate of drug-likeness (QED) is 0.801. The molecule has 1 aliphatic rings. The highest BCUT2D eigenvalue weighted by atomic mass is 35.5. The van der Waals surface area contributed by atoms with E-state index >= 15 is 0 Å². The number of benzene rings is 1. The first-order chi connectivity index (χ1) is 9.83. The van der Waals surface area contributed by atoms with Gasteiger partial charge in [0.15, 0.2) is 0 Å². The van der Waals surface area contributed by atoms with Crippen LogP contribution in [0.15, 0.2) is 30.3 Å². The minimum Gasteiger partial charge on any atom is -0.378 e. The lowest BCUT2D eigenvalue weighted by Crippen LogP contribution is -2.21. The topological polar surface area (TPSA) is 35.0 Å². The number of rotatable bonds is 4. The van der Waals surface area contributed by atoms with Crippen molar-refractivity contribution in [2.24, 2.45) is 0 Å². The number of ether oxygens (including phenoxy) is 1. The van der Waals surface area contributed by atoms with Gasteiger partial charge in [-0.2, -0.15) is 0 Å². The Morgan fingerprint density at radius 1 is 1.25 bits per heavy atom. The van der Waals surface area contributed by atoms with E-state index in [-0.39, 0.29) is 5.38 Å². The largest absolute Gasteiger partial charge is 0.378 e. The Hall–Kier alpha value is -0.970. The van der Waals surface area contributed by atoms with E-state index in [0.717, 1.165) is 35.0 Å². The summed E-state index contributed by atoms with van der Waals surface area (Å²) in [5.41, 5.74) is 1.06. The molecule has 0 bridgehead atoms. The Bertz CT molecular complexity index is 540. The molecule has 1 aromatic heterocycles. The van der Waals surface area contributed by atoms with Crippen molar-refractivity contribution in [3.8, 4) is 0 Å². The van der Waals surface area contributed by atoms with E-state index in [1.807, 2.05) is 30.3 Å². The molecular weight excluding hydrogens is 292 g/mol. The van der Waals surface area contributed by atoms with Crippen LogP contribution in [0, 0.1) is 0 Å². The van der Waals surface area contributed by atoms with Crippen LogP contribution in [0.1, 0.15) is 40.2 Å². The molecule has 1 aliphatic heterocycles. The number of hydrogen-bond acceptors (Lipinski definition) is 4. The van der Waals surface area contributed by atoms with Crippen LogP contribution in [0.2, 0.25) is 0 Å². The summed E-state index contributed by atoms with van der Waals surface area (Å²) in [5, 5.41) is 10.2. The summed E-state index contributed by atoms with van der Waals surface area (Å²) in [7, 11) is 0. The molecule has 1 saturated heterocycles. The number of aromatic nitrogens is 2. The van der Waals surface area contributed by atoms with E-state index in [0.29, 0.717) is 6.10 Å². The van der Waals surface area contributed by atoms with E-state index < -0.39 is 0 Å². The van der Waals surface area contributed by atoms with Gasteiger partial charge < -0.3 is 4.74 Å². The van der Waals surface area contributed by atoms with Crippen LogP contribution in [0.25, 0.3) is 0 Å². The lowest BCUT2D eigenvalue weighted by atomic mass is 10.1. The fourth-order valence-corrected chi connectivity index (χ4v) is 3.62. The van der Waals surface area contributed by atoms with Gasteiger partial charge in [0.1, 0.15) is 15.4 Å². The van der Waals surface area contributed by atoms with Crippen LogP contribution in [0.3, 0.4) is 0 Å². The Kier molecular flexibility index (Phi) is 4.65. The maximum Gasteiger partial charge on any atom is 0.139 e. The Labute approximate surface area is 128 Å². The van der Waals surface area contributed by atoms with Gasteiger partial charge in [0, 0.05) is 13.0 Å². The minimum atomic E-state index is -0.213. The maximum atomic E-state index is 6.46. The van der Waals surface area contributed by atoms with Crippen LogP contribution in [0.4, 0.5) is 0 Å². The molecule has 0 spiro atoms. The van der Waals surface area contributed by atoms with Gasteiger partial charge in [-0.1, -0.05) is 41.7 Å². The average molecular weight is 309 g/mol. The molecule has 3 nitrogen and oxygen atoms in total. The van der Waals surface area contributed by atoms with Crippen molar-refractivity contribution >= 4 is 22.9 Å². The number of nitrogens with zero attached hydrogens (tertiary/aromatic N) is 2. The zero-order chi connectivity index (χ0) is 13.8. The maximum absolute atomic E-state index is 6.46. The first-order valence-electron chi connectivity index (χ1n) is 6.96. The van der Waals surface area contributed by atoms with Crippen molar-refractivity contribution in [3.63, 3.8) is 0 Å². The summed E-state index contributed by atoms with van der Waals surface area (Å²) in [6.07, 6.45) is 4.71. The number of halogens is 1. The van der Waals surface area contributed by atoms with Gasteiger partial charge in [-0.3, -0.25) is 0 Å². The molecule has 0 amide bonds. The van der Waals surface area contributed by atoms with Gasteiger partial charge in [-0.25, -0.2) is 0 Å². The van der Waals surface area contributed by atoms with Gasteiger partial charge in [0.25, 0.3) is 0 Å². The molecule has 106 valence electrons. The fourth-order valence-electron chi connectivity index (χ4n) is 2.38. The third kappa shape index (κ3) is 3.37. The second-order valence-corrected chi connectivity index (χ2v) is 6.53. The van der Waals surface area contributed by atoms with Gasteiger partial charge in [0.05, 0.1) is 6.10 Å². The first-order valence-corrected chi connectivity index (χ1v) is 8.21. The van der Waals surface area contributed by atoms with Gasteiger partial charge in [-0.05, 0) is 24.8 Å². The molecule has 2 aromatic rings. The molecule has 0 saturated carbocycles. The summed E-state index contributed by atoms with van der Waals surface area (Å²) in [6, 6.07) is 10.00. The standard InChI is InChI=1S/C15H17ClN2OS/c16-14(11-6-2-1-3-7-11)15-18-17-13(20-15)10-12-8-4-5-9-19-12/h1-3,6-7,12,14H,4-5,8-10H2. The lowest BCUT2D eigenvalue weighted by Gasteiger charge is -2.21. The predicted octanol–water partition coefficient (Wildman–Crippen LogP) is 3.98. The lowest BCUT2D eigenvalue weighted by molar-refractivity contribution is 0.0167. The number of alkyl halides is 1. The molecule has 2 unspecified atom stereocenters. The average Bonchev–Trinajstić information content (AvgIpc) is 2.97. The van der Waals surface area contributed by atoms with Crippen molar-refractivity contribution in [3.05, 3.63) is 45.9 Å². The molecule has 0 aliphatic carbocycles. The predicted molar refractivity (Wildman–Crippen MR) is 81.3 cm³/mol. The van der Waals surface area contributed by atoms with E-state index in [2.05, 4.69) is 10.2 Å². The molecule has 2 heterocycles. The van der Waals surface area contributed by atoms with E-state index in [9.17, 15) is 0 Å². The normalized spacial score (nSPS) is 20.8. The van der Waals surface area contributed by atoms with Crippen molar-refractivity contribution in [1.82, 2.24) is 10.2 Å². The molecule has 0 N–H and O–H groups in total. The van der Waals surface area contributed by atoms with Crippen molar-refractivity contribution in [1.29, 1.82) is 0 Å². The molecule has 3 rings (SSSR count). The van der Waals surface area contributed by atoms with Gasteiger partial charge in [0.2, 0.25) is 0 Å². The van der Waals surface area contributed by atoms with Crippen LogP contribution in [0.5, 0.6) is 0 Å². The first kappa shape index (κ1) is 14.0. The zero-order valence-corrected chi connectivity index (χ0v) is 12.7. The molecular formula is C15H17ClN2OS. The van der Waals surface area contributed by atoms with Crippen molar-refractivity contribution in [2.75, 3.05) is 6.61 Å². The van der Waals surface area contributed by atoms with Crippen LogP contribution in [-0.2, 0) is 11.2 Å². The van der Waals surface area contributed by atoms with E-state index in [1.165, 1.54) is 12.8 Å². The monoisotopic (exact) mass is 308 g/mol. The number of hydrogen-bond donors (Lipinski definition) is 0. The van der Waals surface area contributed by atoms with Crippen LogP contribution >= 0.6 is 22.9 Å². The Morgan fingerprint density at radius 3 is 2.85 bits per heavy atom. The second-order valence-electron chi connectivity index (χ2n) is 5.00. The third-order valence-electron chi connectivity index (χ3n) is 3.47. The summed E-state index contributed by atoms with van der Waals surface area (Å²) in [4.78, 5) is 0. The SMILES string of the molecule is ClC(c1ccccc1)c1nnc(CC2CCCCO2)s1. The second kappa shape index (κ2) is 6.66. The molecule has 2 atom stereocenters. The summed E-state index contributed by atoms with van der Waals surface area (Å²) < 4.78 is 5.74. The summed E-state index contributed by atoms with van der Waals surface area (Å²) in [6.45, 7) is 0.873. The molecule has 5 heteroatoms. The minimum absolute atomic E-state index is 0.213. The zero-order valence-electron chi connectivity index (χ0n) is 11.2. The van der Waals surface area contributed by atoms with Crippen molar-refractivity contribution < 1.29 is 4.74 Å². The van der Waals surface area contributed by atoms with E-state index in [1.54, 1.807) is 11.3 Å². The smallest absolute Gasteiger partial charge is 0.139 e. The molecule has 1 fully saturated rings. The third-order valence-corrected chi connectivity index (χ3v) is 5.07. The fraction of sp³-hybridized carbons (Fsp3) is 0.467.